The first-order valence-corrected chi connectivity index (χ1v) is 9.92. The van der Waals surface area contributed by atoms with Crippen LogP contribution in [0.5, 0.6) is 5.75 Å². The van der Waals surface area contributed by atoms with Crippen molar-refractivity contribution < 1.29 is 19.2 Å². The highest BCUT2D eigenvalue weighted by Gasteiger charge is 2.34. The molecule has 0 unspecified atom stereocenters. The summed E-state index contributed by atoms with van der Waals surface area (Å²) in [6.45, 7) is 6.83. The third-order valence-electron chi connectivity index (χ3n) is 4.87. The Hall–Kier alpha value is -2.70. The van der Waals surface area contributed by atoms with Crippen LogP contribution in [0.15, 0.2) is 54.6 Å². The predicted molar refractivity (Wildman–Crippen MR) is 110 cm³/mol. The molecule has 154 valence electrons. The molecule has 2 aromatic rings. The summed E-state index contributed by atoms with van der Waals surface area (Å²) in [5.74, 6) is 0.222. The van der Waals surface area contributed by atoms with Crippen molar-refractivity contribution in [3.05, 3.63) is 65.7 Å². The number of nitrogens with zero attached hydrogens (tertiary/aromatic N) is 1. The molecule has 1 saturated heterocycles. The summed E-state index contributed by atoms with van der Waals surface area (Å²) in [5, 5.41) is 4.86. The molecule has 0 aromatic heterocycles. The molecule has 6 heteroatoms. The van der Waals surface area contributed by atoms with Crippen molar-refractivity contribution in [1.82, 2.24) is 10.4 Å². The summed E-state index contributed by atoms with van der Waals surface area (Å²) in [4.78, 5) is 30.7. The van der Waals surface area contributed by atoms with Gasteiger partial charge >= 0.3 is 5.97 Å². The smallest absolute Gasteiger partial charge is 0.331 e. The molecule has 0 bridgehead atoms. The first-order valence-electron chi connectivity index (χ1n) is 9.92. The van der Waals surface area contributed by atoms with Gasteiger partial charge in [0.05, 0.1) is 5.41 Å². The third kappa shape index (κ3) is 6.14. The second-order valence-electron chi connectivity index (χ2n) is 7.84. The van der Waals surface area contributed by atoms with Gasteiger partial charge in [-0.05, 0) is 43.7 Å². The molecular weight excluding hydrogens is 368 g/mol. The zero-order valence-corrected chi connectivity index (χ0v) is 17.0. The molecule has 0 aliphatic carbocycles. The van der Waals surface area contributed by atoms with Gasteiger partial charge in [0.25, 0.3) is 0 Å². The maximum Gasteiger partial charge on any atom is 0.331 e. The molecular formula is C23H28N2O4. The van der Waals surface area contributed by atoms with Crippen LogP contribution in [-0.4, -0.2) is 43.0 Å². The van der Waals surface area contributed by atoms with E-state index >= 15 is 0 Å². The Balaban J connectivity index is 1.53. The van der Waals surface area contributed by atoms with E-state index in [4.69, 9.17) is 9.57 Å². The largest absolute Gasteiger partial charge is 0.489 e. The highest BCUT2D eigenvalue weighted by Crippen LogP contribution is 2.26. The minimum absolute atomic E-state index is 0.0855. The van der Waals surface area contributed by atoms with E-state index in [2.05, 4.69) is 5.32 Å². The number of ketones is 1. The molecule has 3 rings (SSSR count). The fourth-order valence-electron chi connectivity index (χ4n) is 3.03. The van der Waals surface area contributed by atoms with Crippen LogP contribution in [0.25, 0.3) is 0 Å². The topological polar surface area (TPSA) is 67.9 Å². The van der Waals surface area contributed by atoms with Crippen molar-refractivity contribution in [3.8, 4) is 5.75 Å². The Morgan fingerprint density at radius 2 is 1.66 bits per heavy atom. The fourth-order valence-corrected chi connectivity index (χ4v) is 3.03. The number of piperazine rings is 1. The van der Waals surface area contributed by atoms with Gasteiger partial charge in [-0.25, -0.2) is 4.79 Å². The lowest BCUT2D eigenvalue weighted by Gasteiger charge is -2.29. The lowest BCUT2D eigenvalue weighted by atomic mass is 9.85. The normalized spacial score (nSPS) is 15.0. The van der Waals surface area contributed by atoms with Crippen LogP contribution < -0.4 is 10.1 Å². The van der Waals surface area contributed by atoms with E-state index in [9.17, 15) is 9.59 Å². The number of carbonyl (C=O) groups is 2. The predicted octanol–water partition coefficient (Wildman–Crippen LogP) is 3.23. The van der Waals surface area contributed by atoms with Gasteiger partial charge in [-0.3, -0.25) is 4.79 Å². The van der Waals surface area contributed by atoms with Crippen molar-refractivity contribution in [2.45, 2.75) is 26.9 Å². The Bertz CT molecular complexity index is 813. The van der Waals surface area contributed by atoms with Crippen molar-refractivity contribution in [2.24, 2.45) is 5.41 Å². The second kappa shape index (κ2) is 9.67. The minimum Gasteiger partial charge on any atom is -0.489 e. The van der Waals surface area contributed by atoms with E-state index in [0.717, 1.165) is 18.7 Å². The maximum absolute atomic E-state index is 12.7. The maximum atomic E-state index is 12.7. The van der Waals surface area contributed by atoms with E-state index in [1.165, 1.54) is 0 Å². The lowest BCUT2D eigenvalue weighted by Crippen LogP contribution is -2.46. The minimum atomic E-state index is -0.898. The zero-order chi connectivity index (χ0) is 20.7. The molecule has 1 aliphatic heterocycles. The highest BCUT2D eigenvalue weighted by atomic mass is 16.7. The number of rotatable bonds is 8. The first-order chi connectivity index (χ1) is 13.9. The van der Waals surface area contributed by atoms with Crippen LogP contribution in [0.3, 0.4) is 0 Å². The summed E-state index contributed by atoms with van der Waals surface area (Å²) in [7, 11) is 0. The molecule has 0 spiro atoms. The molecule has 2 aromatic carbocycles. The van der Waals surface area contributed by atoms with Gasteiger partial charge in [0, 0.05) is 38.2 Å². The van der Waals surface area contributed by atoms with Crippen LogP contribution in [0.1, 0.15) is 36.2 Å². The summed E-state index contributed by atoms with van der Waals surface area (Å²) < 4.78 is 5.75. The summed E-state index contributed by atoms with van der Waals surface area (Å²) in [6, 6.07) is 16.9. The number of nitrogens with one attached hydrogen (secondary N) is 1. The standard InChI is InChI=1S/C23H28N2O4/c1-23(2,22(27)29-25-14-12-24-13-15-25)16-21(26)19-8-10-20(11-9-19)28-17-18-6-4-3-5-7-18/h3-11,24H,12-17H2,1-2H3. The van der Waals surface area contributed by atoms with E-state index in [0.29, 0.717) is 31.0 Å². The van der Waals surface area contributed by atoms with E-state index in [-0.39, 0.29) is 18.2 Å². The monoisotopic (exact) mass is 396 g/mol. The van der Waals surface area contributed by atoms with Crippen molar-refractivity contribution in [2.75, 3.05) is 26.2 Å². The van der Waals surface area contributed by atoms with Gasteiger partial charge < -0.3 is 14.9 Å². The Morgan fingerprint density at radius 3 is 2.31 bits per heavy atom. The van der Waals surface area contributed by atoms with Crippen LogP contribution >= 0.6 is 0 Å². The molecule has 1 aliphatic rings. The van der Waals surface area contributed by atoms with Crippen LogP contribution in [-0.2, 0) is 16.2 Å². The van der Waals surface area contributed by atoms with Gasteiger partial charge in [0.15, 0.2) is 5.78 Å². The number of hydroxylamine groups is 2. The fraction of sp³-hybridized carbons (Fsp3) is 0.391. The average molecular weight is 396 g/mol. The second-order valence-corrected chi connectivity index (χ2v) is 7.84. The Kier molecular flexibility index (Phi) is 7.01. The lowest BCUT2D eigenvalue weighted by molar-refractivity contribution is -0.203. The summed E-state index contributed by atoms with van der Waals surface area (Å²) >= 11 is 0. The summed E-state index contributed by atoms with van der Waals surface area (Å²) in [5.41, 5.74) is 0.738. The van der Waals surface area contributed by atoms with Crippen molar-refractivity contribution in [1.29, 1.82) is 0 Å². The van der Waals surface area contributed by atoms with E-state index in [1.54, 1.807) is 43.2 Å². The molecule has 1 heterocycles. The molecule has 1 fully saturated rings. The summed E-state index contributed by atoms with van der Waals surface area (Å²) in [6.07, 6.45) is 0.0855. The van der Waals surface area contributed by atoms with Gasteiger partial charge in [-0.2, -0.15) is 0 Å². The molecule has 0 saturated carbocycles. The molecule has 6 nitrogen and oxygen atoms in total. The molecule has 0 amide bonds. The van der Waals surface area contributed by atoms with Crippen LogP contribution in [0.4, 0.5) is 0 Å². The molecule has 1 N–H and O–H groups in total. The number of hydrogen-bond acceptors (Lipinski definition) is 6. The Morgan fingerprint density at radius 1 is 1.00 bits per heavy atom. The highest BCUT2D eigenvalue weighted by molar-refractivity contribution is 5.98. The van der Waals surface area contributed by atoms with E-state index < -0.39 is 5.41 Å². The van der Waals surface area contributed by atoms with Crippen molar-refractivity contribution >= 4 is 11.8 Å². The number of benzene rings is 2. The van der Waals surface area contributed by atoms with Crippen LogP contribution in [0.2, 0.25) is 0 Å². The SMILES string of the molecule is CC(C)(CC(=O)c1ccc(OCc2ccccc2)cc1)C(=O)ON1CCNCC1. The quantitative estimate of drug-likeness (QED) is 0.691. The molecule has 0 atom stereocenters. The Labute approximate surface area is 171 Å². The molecule has 29 heavy (non-hydrogen) atoms. The van der Waals surface area contributed by atoms with Gasteiger partial charge in [-0.1, -0.05) is 30.3 Å². The van der Waals surface area contributed by atoms with Crippen molar-refractivity contribution in [3.63, 3.8) is 0 Å². The number of ether oxygens (including phenoxy) is 1. The average Bonchev–Trinajstić information content (AvgIpc) is 2.74. The number of hydrogen-bond donors (Lipinski definition) is 1. The number of carbonyl (C=O) groups excluding carboxylic acids is 2. The van der Waals surface area contributed by atoms with Gasteiger partial charge in [0.2, 0.25) is 0 Å². The first kappa shape index (κ1) is 21.0. The third-order valence-corrected chi connectivity index (χ3v) is 4.87. The van der Waals surface area contributed by atoms with Gasteiger partial charge in [-0.15, -0.1) is 5.06 Å². The zero-order valence-electron chi connectivity index (χ0n) is 17.0. The van der Waals surface area contributed by atoms with Crippen LogP contribution in [0, 0.1) is 5.41 Å². The number of Topliss-reactive ketones (excluding diaryl/α,β-unsaturated/α-hetero) is 1. The van der Waals surface area contributed by atoms with Gasteiger partial charge in [0.1, 0.15) is 12.4 Å². The van der Waals surface area contributed by atoms with E-state index in [1.807, 2.05) is 30.3 Å². The molecule has 0 radical (unpaired) electrons.